The second-order valence-electron chi connectivity index (χ2n) is 7.23. The number of thiazole rings is 1. The molecular formula is C25H20ClN2OPS. The van der Waals surface area contributed by atoms with E-state index in [2.05, 4.69) is 85.5 Å². The van der Waals surface area contributed by atoms with Crippen LogP contribution in [0.2, 0.25) is 0 Å². The number of benzene rings is 3. The van der Waals surface area contributed by atoms with Crippen molar-refractivity contribution in [2.24, 2.45) is 0 Å². The van der Waals surface area contributed by atoms with Crippen molar-refractivity contribution in [3.8, 4) is 11.3 Å². The van der Waals surface area contributed by atoms with Gasteiger partial charge in [0.05, 0.1) is 12.4 Å². The Balaban J connectivity index is 0.00000231. The Morgan fingerprint density at radius 3 is 2.06 bits per heavy atom. The molecule has 0 amide bonds. The van der Waals surface area contributed by atoms with Crippen molar-refractivity contribution in [1.82, 2.24) is 9.38 Å². The molecule has 0 bridgehead atoms. The van der Waals surface area contributed by atoms with Gasteiger partial charge in [-0.25, -0.2) is 4.98 Å². The maximum atomic E-state index is 12.7. The van der Waals surface area contributed by atoms with Crippen molar-refractivity contribution >= 4 is 39.5 Å². The molecular weight excluding hydrogens is 443 g/mol. The van der Waals surface area contributed by atoms with Gasteiger partial charge in [0.25, 0.3) is 5.56 Å². The Kier molecular flexibility index (Phi) is 6.06. The first-order chi connectivity index (χ1) is 14.7. The second kappa shape index (κ2) is 8.76. The summed E-state index contributed by atoms with van der Waals surface area (Å²) in [6, 6.07) is 31.4. The summed E-state index contributed by atoms with van der Waals surface area (Å²) in [6.45, 7) is 2.35. The Hall–Kier alpha value is -2.78. The van der Waals surface area contributed by atoms with E-state index in [0.29, 0.717) is 4.96 Å². The van der Waals surface area contributed by atoms with Crippen LogP contribution >= 0.6 is 18.6 Å². The minimum absolute atomic E-state index is 0. The number of hydrogen-bond donors (Lipinski definition) is 0. The number of fused-ring (bicyclic) bond motifs is 1. The van der Waals surface area contributed by atoms with E-state index in [1.54, 1.807) is 16.7 Å². The van der Waals surface area contributed by atoms with Crippen molar-refractivity contribution in [3.63, 3.8) is 0 Å². The Labute approximate surface area is 191 Å². The molecule has 2 aromatic heterocycles. The van der Waals surface area contributed by atoms with Gasteiger partial charge in [-0.1, -0.05) is 48.5 Å². The van der Waals surface area contributed by atoms with E-state index in [9.17, 15) is 4.79 Å². The highest BCUT2D eigenvalue weighted by Crippen LogP contribution is 2.53. The van der Waals surface area contributed by atoms with Crippen LogP contribution < -0.4 is 33.9 Å². The molecule has 154 valence electrons. The van der Waals surface area contributed by atoms with Gasteiger partial charge < -0.3 is 12.4 Å². The van der Waals surface area contributed by atoms with Crippen molar-refractivity contribution in [2.75, 3.05) is 6.66 Å². The average molecular weight is 463 g/mol. The fourth-order valence-corrected chi connectivity index (χ4v) is 8.11. The standard InChI is InChI=1S/C25H20N2OPS.ClH/c1-29(19-10-4-2-5-11-19,20-12-6-3-7-13-20)23-15-9-8-14-21(23)22-18-24(28)27-16-17-30-25(27)26-22;/h2-18H,1H3;1H/q+1;/p-1. The minimum atomic E-state index is -1.94. The third-order valence-corrected chi connectivity index (χ3v) is 10.3. The van der Waals surface area contributed by atoms with Gasteiger partial charge in [0.2, 0.25) is 0 Å². The van der Waals surface area contributed by atoms with Crippen LogP contribution in [0.15, 0.2) is 107 Å². The lowest BCUT2D eigenvalue weighted by Gasteiger charge is -2.25. The first-order valence-electron chi connectivity index (χ1n) is 9.72. The van der Waals surface area contributed by atoms with Crippen LogP contribution in [0.5, 0.6) is 0 Å². The third kappa shape index (κ3) is 3.72. The lowest BCUT2D eigenvalue weighted by atomic mass is 10.1. The summed E-state index contributed by atoms with van der Waals surface area (Å²) in [5.41, 5.74) is 1.70. The molecule has 0 aliphatic carbocycles. The van der Waals surface area contributed by atoms with Gasteiger partial charge in [-0.3, -0.25) is 9.20 Å². The quantitative estimate of drug-likeness (QED) is 0.378. The molecule has 5 aromatic rings. The molecule has 5 rings (SSSR count). The smallest absolute Gasteiger partial charge is 0.259 e. The predicted molar refractivity (Wildman–Crippen MR) is 129 cm³/mol. The van der Waals surface area contributed by atoms with Crippen LogP contribution in [-0.2, 0) is 0 Å². The molecule has 0 N–H and O–H groups in total. The molecule has 3 nitrogen and oxygen atoms in total. The molecule has 0 atom stereocenters. The van der Waals surface area contributed by atoms with Gasteiger partial charge in [0, 0.05) is 23.2 Å². The maximum Gasteiger partial charge on any atom is 0.259 e. The summed E-state index contributed by atoms with van der Waals surface area (Å²) in [5.74, 6) is 0. The van der Waals surface area contributed by atoms with Crippen LogP contribution in [-0.4, -0.2) is 16.0 Å². The predicted octanol–water partition coefficient (Wildman–Crippen LogP) is 1.35. The van der Waals surface area contributed by atoms with Gasteiger partial charge in [0.15, 0.2) is 4.96 Å². The molecule has 0 saturated heterocycles. The van der Waals surface area contributed by atoms with Gasteiger partial charge in [-0.05, 0) is 36.4 Å². The molecule has 0 saturated carbocycles. The zero-order chi connectivity index (χ0) is 20.6. The van der Waals surface area contributed by atoms with Crippen LogP contribution in [0.4, 0.5) is 0 Å². The molecule has 0 unspecified atom stereocenters. The minimum Gasteiger partial charge on any atom is -1.00 e. The number of halogens is 1. The van der Waals surface area contributed by atoms with E-state index in [1.807, 2.05) is 11.4 Å². The Bertz CT molecular complexity index is 1340. The fraction of sp³-hybridized carbons (Fsp3) is 0.0400. The van der Waals surface area contributed by atoms with E-state index < -0.39 is 7.26 Å². The Morgan fingerprint density at radius 2 is 1.42 bits per heavy atom. The normalized spacial score (nSPS) is 11.3. The second-order valence-corrected chi connectivity index (χ2v) is 11.6. The summed E-state index contributed by atoms with van der Waals surface area (Å²) < 4.78 is 1.60. The summed E-state index contributed by atoms with van der Waals surface area (Å²) in [4.78, 5) is 18.2. The fourth-order valence-electron chi connectivity index (χ4n) is 3.94. The topological polar surface area (TPSA) is 34.4 Å². The van der Waals surface area contributed by atoms with Gasteiger partial charge in [-0.2, -0.15) is 0 Å². The number of rotatable bonds is 4. The van der Waals surface area contributed by atoms with E-state index in [1.165, 1.54) is 27.3 Å². The maximum absolute atomic E-state index is 12.7. The number of hydrogen-bond acceptors (Lipinski definition) is 3. The van der Waals surface area contributed by atoms with Gasteiger partial charge in [-0.15, -0.1) is 11.3 Å². The lowest BCUT2D eigenvalue weighted by Crippen LogP contribution is -3.00. The van der Waals surface area contributed by atoms with E-state index >= 15 is 0 Å². The summed E-state index contributed by atoms with van der Waals surface area (Å²) in [6.07, 6.45) is 1.77. The van der Waals surface area contributed by atoms with E-state index in [4.69, 9.17) is 4.98 Å². The van der Waals surface area contributed by atoms with E-state index in [0.717, 1.165) is 11.3 Å². The zero-order valence-electron chi connectivity index (χ0n) is 16.9. The number of aromatic nitrogens is 2. The highest BCUT2D eigenvalue weighted by molar-refractivity contribution is 7.95. The lowest BCUT2D eigenvalue weighted by molar-refractivity contribution is -0.00000588. The molecule has 2 heterocycles. The number of nitrogens with zero attached hydrogens (tertiary/aromatic N) is 2. The monoisotopic (exact) mass is 462 g/mol. The molecule has 0 aliphatic rings. The van der Waals surface area contributed by atoms with Gasteiger partial charge in [0.1, 0.15) is 23.2 Å². The van der Waals surface area contributed by atoms with Crippen LogP contribution in [0, 0.1) is 0 Å². The molecule has 3 aromatic carbocycles. The molecule has 31 heavy (non-hydrogen) atoms. The van der Waals surface area contributed by atoms with Crippen LogP contribution in [0.1, 0.15) is 0 Å². The highest BCUT2D eigenvalue weighted by atomic mass is 35.5. The zero-order valence-corrected chi connectivity index (χ0v) is 19.3. The van der Waals surface area contributed by atoms with Crippen LogP contribution in [0.3, 0.4) is 0 Å². The van der Waals surface area contributed by atoms with Crippen molar-refractivity contribution in [1.29, 1.82) is 0 Å². The largest absolute Gasteiger partial charge is 1.00 e. The van der Waals surface area contributed by atoms with Crippen LogP contribution in [0.25, 0.3) is 16.2 Å². The SMILES string of the molecule is C[P+](c1ccccc1)(c1ccccc1)c1ccccc1-c1cc(=O)n2ccsc2n1.[Cl-]. The molecule has 0 spiro atoms. The van der Waals surface area contributed by atoms with Crippen molar-refractivity contribution < 1.29 is 12.4 Å². The molecule has 6 heteroatoms. The summed E-state index contributed by atoms with van der Waals surface area (Å²) in [7, 11) is -1.94. The van der Waals surface area contributed by atoms with Crippen molar-refractivity contribution in [3.05, 3.63) is 113 Å². The highest BCUT2D eigenvalue weighted by Gasteiger charge is 2.42. The molecule has 0 aliphatic heterocycles. The summed E-state index contributed by atoms with van der Waals surface area (Å²) >= 11 is 1.48. The van der Waals surface area contributed by atoms with Crippen molar-refractivity contribution in [2.45, 2.75) is 0 Å². The molecule has 0 fully saturated rings. The Morgan fingerprint density at radius 1 is 0.839 bits per heavy atom. The van der Waals surface area contributed by atoms with Gasteiger partial charge >= 0.3 is 0 Å². The molecule has 0 radical (unpaired) electrons. The first kappa shape index (κ1) is 21.5. The first-order valence-corrected chi connectivity index (χ1v) is 12.8. The summed E-state index contributed by atoms with van der Waals surface area (Å²) in [5, 5.41) is 5.73. The van der Waals surface area contributed by atoms with E-state index in [-0.39, 0.29) is 18.0 Å². The third-order valence-electron chi connectivity index (χ3n) is 5.51. The average Bonchev–Trinajstić information content (AvgIpc) is 3.29.